The maximum atomic E-state index is 5.85. The van der Waals surface area contributed by atoms with Gasteiger partial charge >= 0.3 is 0 Å². The highest BCUT2D eigenvalue weighted by Gasteiger charge is 2.36. The highest BCUT2D eigenvalue weighted by atomic mass is 35.5. The molecule has 1 aromatic rings. The molecule has 0 amide bonds. The quantitative estimate of drug-likeness (QED) is 0.768. The Hall–Kier alpha value is -1.02. The van der Waals surface area contributed by atoms with Crippen molar-refractivity contribution in [2.75, 3.05) is 5.32 Å². The molecule has 0 unspecified atom stereocenters. The first-order valence-electron chi connectivity index (χ1n) is 5.64. The molecule has 0 bridgehead atoms. The molecule has 2 N–H and O–H groups in total. The molecule has 0 spiro atoms. The second-order valence-corrected chi connectivity index (χ2v) is 5.50. The van der Waals surface area contributed by atoms with Crippen LogP contribution in [0.4, 0.5) is 5.69 Å². The minimum absolute atomic E-state index is 0.175. The fourth-order valence-corrected chi connectivity index (χ4v) is 2.04. The van der Waals surface area contributed by atoms with Crippen molar-refractivity contribution in [2.24, 2.45) is 5.92 Å². The van der Waals surface area contributed by atoms with E-state index in [2.05, 4.69) is 31.1 Å². The molecule has 1 heterocycles. The van der Waals surface area contributed by atoms with Crippen LogP contribution in [0, 0.1) is 5.92 Å². The van der Waals surface area contributed by atoms with E-state index in [1.54, 1.807) is 0 Å². The molecule has 0 saturated heterocycles. The first-order valence-corrected chi connectivity index (χ1v) is 6.02. The van der Waals surface area contributed by atoms with Gasteiger partial charge in [-0.25, -0.2) is 5.32 Å². The molecule has 2 rings (SSSR count). The first kappa shape index (κ1) is 11.5. The van der Waals surface area contributed by atoms with Crippen LogP contribution in [0.25, 0.3) is 0 Å². The van der Waals surface area contributed by atoms with Gasteiger partial charge in [0.25, 0.3) is 0 Å². The van der Waals surface area contributed by atoms with Gasteiger partial charge in [-0.15, -0.1) is 0 Å². The molecule has 86 valence electrons. The maximum absolute atomic E-state index is 5.85. The van der Waals surface area contributed by atoms with Crippen LogP contribution in [0.2, 0.25) is 5.02 Å². The topological polar surface area (TPSA) is 26.0 Å². The Labute approximate surface area is 102 Å². The van der Waals surface area contributed by atoms with E-state index >= 15 is 0 Å². The van der Waals surface area contributed by atoms with E-state index in [0.29, 0.717) is 5.92 Å². The lowest BCUT2D eigenvalue weighted by atomic mass is 9.90. The third kappa shape index (κ3) is 2.38. The number of halogens is 1. The van der Waals surface area contributed by atoms with Gasteiger partial charge < -0.3 is 0 Å². The van der Waals surface area contributed by atoms with E-state index in [9.17, 15) is 0 Å². The predicted molar refractivity (Wildman–Crippen MR) is 68.9 cm³/mol. The van der Waals surface area contributed by atoms with Crippen LogP contribution >= 0.6 is 11.6 Å². The van der Waals surface area contributed by atoms with Gasteiger partial charge in [0.1, 0.15) is 11.2 Å². The molecule has 1 aliphatic heterocycles. The number of hydrogen-bond acceptors (Lipinski definition) is 1. The zero-order valence-electron chi connectivity index (χ0n) is 9.97. The van der Waals surface area contributed by atoms with E-state index in [1.807, 2.05) is 24.3 Å². The average molecular weight is 238 g/mol. The second kappa shape index (κ2) is 4.10. The van der Waals surface area contributed by atoms with Crippen LogP contribution < -0.4 is 10.3 Å². The minimum Gasteiger partial charge on any atom is -0.273 e. The van der Waals surface area contributed by atoms with E-state index in [-0.39, 0.29) is 5.54 Å². The molecule has 16 heavy (non-hydrogen) atoms. The van der Waals surface area contributed by atoms with Crippen molar-refractivity contribution in [3.8, 4) is 0 Å². The van der Waals surface area contributed by atoms with Gasteiger partial charge in [-0.1, -0.05) is 18.5 Å². The van der Waals surface area contributed by atoms with E-state index < -0.39 is 0 Å². The van der Waals surface area contributed by atoms with Gasteiger partial charge in [-0.05, 0) is 38.1 Å². The summed E-state index contributed by atoms with van der Waals surface area (Å²) in [4.78, 5) is 3.52. The second-order valence-electron chi connectivity index (χ2n) is 5.06. The minimum atomic E-state index is 0.175. The van der Waals surface area contributed by atoms with E-state index in [4.69, 9.17) is 11.6 Å². The predicted octanol–water partition coefficient (Wildman–Crippen LogP) is 2.05. The van der Waals surface area contributed by atoms with Gasteiger partial charge in [-0.3, -0.25) is 4.99 Å². The smallest absolute Gasteiger partial charge is 0.248 e. The molecule has 0 fully saturated rings. The van der Waals surface area contributed by atoms with Crippen LogP contribution in [0.15, 0.2) is 24.3 Å². The standard InChI is InChI=1S/C13H17ClN2/c1-9-8-12(16-13(9,2)3)15-11-6-4-10(14)5-7-11/h4-7,9H,8H2,1-3H3,(H,15,16)/p+1/t9-/m1/s1. The van der Waals surface area contributed by atoms with Crippen LogP contribution in [-0.4, -0.2) is 11.4 Å². The van der Waals surface area contributed by atoms with Crippen molar-refractivity contribution in [1.82, 2.24) is 0 Å². The summed E-state index contributed by atoms with van der Waals surface area (Å²) in [6, 6.07) is 7.78. The van der Waals surface area contributed by atoms with Crippen molar-refractivity contribution in [3.05, 3.63) is 29.3 Å². The summed E-state index contributed by atoms with van der Waals surface area (Å²) in [5, 5.41) is 4.17. The molecule has 1 aliphatic rings. The Balaban J connectivity index is 2.09. The Morgan fingerprint density at radius 3 is 2.44 bits per heavy atom. The lowest BCUT2D eigenvalue weighted by Gasteiger charge is -2.16. The molecule has 0 radical (unpaired) electrons. The number of rotatable bonds is 1. The van der Waals surface area contributed by atoms with E-state index in [0.717, 1.165) is 17.1 Å². The zero-order valence-corrected chi connectivity index (χ0v) is 10.7. The summed E-state index contributed by atoms with van der Waals surface area (Å²) in [6.45, 7) is 6.73. The maximum Gasteiger partial charge on any atom is 0.248 e. The van der Waals surface area contributed by atoms with Gasteiger partial charge in [0.15, 0.2) is 0 Å². The van der Waals surface area contributed by atoms with Crippen LogP contribution in [0.3, 0.4) is 0 Å². The van der Waals surface area contributed by atoms with Crippen LogP contribution in [0.1, 0.15) is 27.2 Å². The number of nitrogens with one attached hydrogen (secondary N) is 2. The van der Waals surface area contributed by atoms with Crippen LogP contribution in [-0.2, 0) is 0 Å². The van der Waals surface area contributed by atoms with Crippen molar-refractivity contribution < 1.29 is 4.99 Å². The summed E-state index contributed by atoms with van der Waals surface area (Å²) >= 11 is 5.85. The third-order valence-electron chi connectivity index (χ3n) is 3.35. The molecule has 1 atom stereocenters. The summed E-state index contributed by atoms with van der Waals surface area (Å²) < 4.78 is 0. The van der Waals surface area contributed by atoms with Gasteiger partial charge in [-0.2, -0.15) is 0 Å². The largest absolute Gasteiger partial charge is 0.273 e. The summed E-state index contributed by atoms with van der Waals surface area (Å²) in [7, 11) is 0. The van der Waals surface area contributed by atoms with Gasteiger partial charge in [0, 0.05) is 10.9 Å². The molecule has 0 aliphatic carbocycles. The number of benzene rings is 1. The Morgan fingerprint density at radius 2 is 1.94 bits per heavy atom. The van der Waals surface area contributed by atoms with Crippen molar-refractivity contribution in [2.45, 2.75) is 32.7 Å². The molecule has 0 aromatic heterocycles. The number of amidine groups is 1. The highest BCUT2D eigenvalue weighted by molar-refractivity contribution is 6.30. The third-order valence-corrected chi connectivity index (χ3v) is 3.61. The fourth-order valence-electron chi connectivity index (χ4n) is 1.91. The van der Waals surface area contributed by atoms with Crippen LogP contribution in [0.5, 0.6) is 0 Å². The van der Waals surface area contributed by atoms with Gasteiger partial charge in [0.05, 0.1) is 6.42 Å². The molecule has 2 nitrogen and oxygen atoms in total. The molecular formula is C13H18ClN2+. The average Bonchev–Trinajstić information content (AvgIpc) is 2.44. The summed E-state index contributed by atoms with van der Waals surface area (Å²) in [6.07, 6.45) is 1.07. The molecule has 3 heteroatoms. The van der Waals surface area contributed by atoms with Gasteiger partial charge in [0.2, 0.25) is 5.84 Å². The highest BCUT2D eigenvalue weighted by Crippen LogP contribution is 2.20. The monoisotopic (exact) mass is 237 g/mol. The zero-order chi connectivity index (χ0) is 11.8. The van der Waals surface area contributed by atoms with Crippen molar-refractivity contribution in [1.29, 1.82) is 0 Å². The Bertz CT molecular complexity index is 406. The Kier molecular flexibility index (Phi) is 2.94. The molecular weight excluding hydrogens is 220 g/mol. The lowest BCUT2D eigenvalue weighted by molar-refractivity contribution is -0.542. The number of hydrogen-bond donors (Lipinski definition) is 2. The SMILES string of the molecule is C[C@@H]1CC(Nc2ccc(Cl)cc2)=[NH+]C1(C)C. The lowest BCUT2D eigenvalue weighted by Crippen LogP contribution is -2.84. The van der Waals surface area contributed by atoms with Crippen molar-refractivity contribution in [3.63, 3.8) is 0 Å². The first-order chi connectivity index (χ1) is 7.47. The molecule has 0 saturated carbocycles. The van der Waals surface area contributed by atoms with Crippen molar-refractivity contribution >= 4 is 23.1 Å². The summed E-state index contributed by atoms with van der Waals surface area (Å²) in [5.41, 5.74) is 1.26. The Morgan fingerprint density at radius 1 is 1.31 bits per heavy atom. The van der Waals surface area contributed by atoms with E-state index in [1.165, 1.54) is 5.84 Å². The summed E-state index contributed by atoms with van der Waals surface area (Å²) in [5.74, 6) is 1.84. The molecule has 1 aromatic carbocycles. The fraction of sp³-hybridized carbons (Fsp3) is 0.462. The normalized spacial score (nSPS) is 23.0. The number of anilines is 1.